The molecule has 0 spiro atoms. The number of aryl methyl sites for hydroxylation is 2. The first-order valence-corrected chi connectivity index (χ1v) is 7.77. The second-order valence-electron chi connectivity index (χ2n) is 5.35. The highest BCUT2D eigenvalue weighted by atomic mass is 16.5. The van der Waals surface area contributed by atoms with Crippen LogP contribution in [0.3, 0.4) is 0 Å². The van der Waals surface area contributed by atoms with Crippen LogP contribution in [0.2, 0.25) is 0 Å². The maximum absolute atomic E-state index is 11.8. The molecule has 0 aliphatic heterocycles. The zero-order valence-electron chi connectivity index (χ0n) is 13.4. The molecule has 0 aliphatic carbocycles. The highest BCUT2D eigenvalue weighted by Crippen LogP contribution is 2.19. The number of oxazole rings is 1. The third-order valence-electron chi connectivity index (χ3n) is 3.41. The van der Waals surface area contributed by atoms with Crippen LogP contribution in [0.1, 0.15) is 30.4 Å². The quantitative estimate of drug-likeness (QED) is 0.717. The van der Waals surface area contributed by atoms with E-state index >= 15 is 0 Å². The molecule has 1 N–H and O–H groups in total. The van der Waals surface area contributed by atoms with Crippen molar-refractivity contribution in [3.63, 3.8) is 0 Å². The predicted molar refractivity (Wildman–Crippen MR) is 85.8 cm³/mol. The summed E-state index contributed by atoms with van der Waals surface area (Å²) in [6, 6.07) is 9.70. The van der Waals surface area contributed by atoms with Crippen molar-refractivity contribution in [3.8, 4) is 11.3 Å². The molecule has 3 aromatic rings. The van der Waals surface area contributed by atoms with Crippen LogP contribution in [-0.4, -0.2) is 21.0 Å². The maximum atomic E-state index is 11.8. The van der Waals surface area contributed by atoms with Crippen molar-refractivity contribution in [1.29, 1.82) is 0 Å². The van der Waals surface area contributed by atoms with Crippen molar-refractivity contribution in [2.24, 2.45) is 0 Å². The van der Waals surface area contributed by atoms with Gasteiger partial charge in [-0.25, -0.2) is 4.98 Å². The Morgan fingerprint density at radius 2 is 2.04 bits per heavy atom. The molecule has 2 aromatic heterocycles. The van der Waals surface area contributed by atoms with Crippen LogP contribution in [0, 0.1) is 6.92 Å². The normalized spacial score (nSPS) is 10.7. The molecular weight excluding hydrogens is 308 g/mol. The van der Waals surface area contributed by atoms with Gasteiger partial charge in [0.05, 0.1) is 12.7 Å². The fraction of sp³-hybridized carbons (Fsp3) is 0.294. The zero-order chi connectivity index (χ0) is 16.8. The molecule has 0 aliphatic rings. The number of benzene rings is 1. The van der Waals surface area contributed by atoms with Gasteiger partial charge < -0.3 is 14.3 Å². The Kier molecular flexibility index (Phi) is 5.00. The van der Waals surface area contributed by atoms with Crippen LogP contribution in [-0.2, 0) is 17.8 Å². The average molecular weight is 326 g/mol. The lowest BCUT2D eigenvalue weighted by molar-refractivity contribution is -0.121. The summed E-state index contributed by atoms with van der Waals surface area (Å²) in [5, 5.41) is 6.50. The van der Waals surface area contributed by atoms with E-state index in [1.54, 1.807) is 13.1 Å². The number of rotatable bonds is 7. The Morgan fingerprint density at radius 3 is 2.79 bits per heavy atom. The average Bonchev–Trinajstić information content (AvgIpc) is 3.23. The molecule has 0 unspecified atom stereocenters. The fourth-order valence-corrected chi connectivity index (χ4v) is 2.23. The van der Waals surface area contributed by atoms with Crippen molar-refractivity contribution in [2.45, 2.75) is 32.7 Å². The van der Waals surface area contributed by atoms with Gasteiger partial charge in [-0.2, -0.15) is 4.98 Å². The summed E-state index contributed by atoms with van der Waals surface area (Å²) in [6.07, 6.45) is 3.28. The van der Waals surface area contributed by atoms with E-state index in [0.717, 1.165) is 5.56 Å². The molecule has 7 nitrogen and oxygen atoms in total. The summed E-state index contributed by atoms with van der Waals surface area (Å²) >= 11 is 0. The van der Waals surface area contributed by atoms with E-state index in [2.05, 4.69) is 20.4 Å². The molecular formula is C17H18N4O3. The fourth-order valence-electron chi connectivity index (χ4n) is 2.23. The molecule has 0 saturated heterocycles. The molecule has 2 heterocycles. The van der Waals surface area contributed by atoms with Crippen molar-refractivity contribution in [2.75, 3.05) is 0 Å². The lowest BCUT2D eigenvalue weighted by atomic mass is 10.2. The van der Waals surface area contributed by atoms with Gasteiger partial charge in [0.15, 0.2) is 11.6 Å². The summed E-state index contributed by atoms with van der Waals surface area (Å²) in [5.41, 5.74) is 0.956. The topological polar surface area (TPSA) is 94.1 Å². The van der Waals surface area contributed by atoms with E-state index in [-0.39, 0.29) is 12.5 Å². The minimum absolute atomic E-state index is 0.0642. The van der Waals surface area contributed by atoms with Gasteiger partial charge in [0.25, 0.3) is 0 Å². The molecule has 0 radical (unpaired) electrons. The first kappa shape index (κ1) is 15.9. The van der Waals surface area contributed by atoms with Gasteiger partial charge in [-0.1, -0.05) is 35.5 Å². The van der Waals surface area contributed by atoms with E-state index in [4.69, 9.17) is 8.94 Å². The molecule has 0 atom stereocenters. The monoisotopic (exact) mass is 326 g/mol. The number of hydrogen-bond acceptors (Lipinski definition) is 6. The SMILES string of the molecule is Cc1noc(CCCC(=O)NCc2ncc(-c3ccccc3)o2)n1. The second-order valence-corrected chi connectivity index (χ2v) is 5.35. The first-order chi connectivity index (χ1) is 11.7. The lowest BCUT2D eigenvalue weighted by Crippen LogP contribution is -2.22. The molecule has 124 valence electrons. The minimum atomic E-state index is -0.0642. The smallest absolute Gasteiger partial charge is 0.226 e. The lowest BCUT2D eigenvalue weighted by Gasteiger charge is -2.01. The minimum Gasteiger partial charge on any atom is -0.439 e. The maximum Gasteiger partial charge on any atom is 0.226 e. The van der Waals surface area contributed by atoms with Gasteiger partial charge in [-0.15, -0.1) is 0 Å². The number of nitrogens with zero attached hydrogens (tertiary/aromatic N) is 3. The highest BCUT2D eigenvalue weighted by Gasteiger charge is 2.09. The van der Waals surface area contributed by atoms with Crippen LogP contribution in [0.4, 0.5) is 0 Å². The summed E-state index contributed by atoms with van der Waals surface area (Å²) < 4.78 is 10.6. The Balaban J connectivity index is 1.42. The van der Waals surface area contributed by atoms with E-state index < -0.39 is 0 Å². The molecule has 24 heavy (non-hydrogen) atoms. The Labute approximate surface area is 139 Å². The summed E-state index contributed by atoms with van der Waals surface area (Å²) in [5.74, 6) is 2.26. The standard InChI is InChI=1S/C17H18N4O3/c1-12-20-16(24-21-12)9-5-8-15(22)18-11-17-19-10-14(23-17)13-6-3-2-4-7-13/h2-4,6-7,10H,5,8-9,11H2,1H3,(H,18,22). The van der Waals surface area contributed by atoms with Gasteiger partial charge in [0.1, 0.15) is 0 Å². The molecule has 0 fully saturated rings. The molecule has 3 rings (SSSR count). The molecule has 0 saturated carbocycles. The van der Waals surface area contributed by atoms with Gasteiger partial charge >= 0.3 is 0 Å². The van der Waals surface area contributed by atoms with E-state index in [1.807, 2.05) is 30.3 Å². The van der Waals surface area contributed by atoms with Crippen LogP contribution < -0.4 is 5.32 Å². The highest BCUT2D eigenvalue weighted by molar-refractivity contribution is 5.75. The Hall–Kier alpha value is -2.96. The largest absolute Gasteiger partial charge is 0.439 e. The van der Waals surface area contributed by atoms with Crippen molar-refractivity contribution >= 4 is 5.91 Å². The molecule has 1 aromatic carbocycles. The number of carbonyl (C=O) groups is 1. The zero-order valence-corrected chi connectivity index (χ0v) is 13.4. The summed E-state index contributed by atoms with van der Waals surface area (Å²) in [7, 11) is 0. The van der Waals surface area contributed by atoms with Crippen molar-refractivity contribution in [3.05, 3.63) is 54.1 Å². The Bertz CT molecular complexity index is 795. The number of aromatic nitrogens is 3. The molecule has 7 heteroatoms. The van der Waals surface area contributed by atoms with Crippen molar-refractivity contribution < 1.29 is 13.7 Å². The van der Waals surface area contributed by atoms with Crippen LogP contribution >= 0.6 is 0 Å². The predicted octanol–water partition coefficient (Wildman–Crippen LogP) is 2.67. The molecule has 1 amide bonds. The Morgan fingerprint density at radius 1 is 1.21 bits per heavy atom. The third kappa shape index (κ3) is 4.28. The third-order valence-corrected chi connectivity index (χ3v) is 3.41. The molecule has 0 bridgehead atoms. The summed E-state index contributed by atoms with van der Waals surface area (Å²) in [6.45, 7) is 2.03. The van der Waals surface area contributed by atoms with Gasteiger partial charge in [-0.05, 0) is 13.3 Å². The van der Waals surface area contributed by atoms with E-state index in [9.17, 15) is 4.79 Å². The van der Waals surface area contributed by atoms with Gasteiger partial charge in [0, 0.05) is 18.4 Å². The number of nitrogens with one attached hydrogen (secondary N) is 1. The second kappa shape index (κ2) is 7.54. The van der Waals surface area contributed by atoms with Crippen LogP contribution in [0.15, 0.2) is 45.5 Å². The van der Waals surface area contributed by atoms with E-state index in [1.165, 1.54) is 0 Å². The number of hydrogen-bond donors (Lipinski definition) is 1. The first-order valence-electron chi connectivity index (χ1n) is 7.77. The van der Waals surface area contributed by atoms with Gasteiger partial charge in [0.2, 0.25) is 17.7 Å². The summed E-state index contributed by atoms with van der Waals surface area (Å²) in [4.78, 5) is 20.1. The van der Waals surface area contributed by atoms with Crippen LogP contribution in [0.5, 0.6) is 0 Å². The van der Waals surface area contributed by atoms with Crippen LogP contribution in [0.25, 0.3) is 11.3 Å². The van der Waals surface area contributed by atoms with Crippen molar-refractivity contribution in [1.82, 2.24) is 20.4 Å². The number of amides is 1. The van der Waals surface area contributed by atoms with E-state index in [0.29, 0.717) is 42.6 Å². The van der Waals surface area contributed by atoms with Gasteiger partial charge in [-0.3, -0.25) is 4.79 Å². The number of carbonyl (C=O) groups excluding carboxylic acids is 1.